The summed E-state index contributed by atoms with van der Waals surface area (Å²) in [6, 6.07) is 1.50. The van der Waals surface area contributed by atoms with Gasteiger partial charge in [-0.1, -0.05) is 33.3 Å². The van der Waals surface area contributed by atoms with E-state index in [0.29, 0.717) is 51.2 Å². The molecule has 49 heavy (non-hydrogen) atoms. The van der Waals surface area contributed by atoms with Crippen LogP contribution in [0, 0.1) is 85.8 Å². The second kappa shape index (κ2) is 9.07. The number of piperidine rings is 2. The maximum absolute atomic E-state index is 11.9. The number of fused-ring (bicyclic) bond motifs is 6. The molecule has 3 saturated heterocycles. The fourth-order valence-corrected chi connectivity index (χ4v) is 21.2. The summed E-state index contributed by atoms with van der Waals surface area (Å²) in [7, 11) is 0. The Morgan fingerprint density at radius 1 is 0.857 bits per heavy atom. The average molecular weight is 669 g/mol. The summed E-state index contributed by atoms with van der Waals surface area (Å²) in [5.41, 5.74) is 3.82. The molecule has 16 unspecified atom stereocenters. The van der Waals surface area contributed by atoms with Gasteiger partial charge in [-0.15, -0.1) is 0 Å². The van der Waals surface area contributed by atoms with Crippen LogP contribution in [0.4, 0.5) is 0 Å². The lowest BCUT2D eigenvalue weighted by molar-refractivity contribution is -0.230. The summed E-state index contributed by atoms with van der Waals surface area (Å²) in [4.78, 5) is 5.97. The summed E-state index contributed by atoms with van der Waals surface area (Å²) < 4.78 is 13.6. The van der Waals surface area contributed by atoms with Gasteiger partial charge in [0.15, 0.2) is 0 Å². The van der Waals surface area contributed by atoms with Gasteiger partial charge in [0.05, 0.1) is 19.3 Å². The molecular weight excluding hydrogens is 604 g/mol. The molecule has 5 heteroatoms. The fraction of sp³-hybridized carbons (Fsp3) is 0.955. The molecule has 15 aliphatic rings. The van der Waals surface area contributed by atoms with Gasteiger partial charge in [0.25, 0.3) is 0 Å². The molecule has 0 aromatic carbocycles. The summed E-state index contributed by atoms with van der Waals surface area (Å²) >= 11 is 0. The highest BCUT2D eigenvalue weighted by molar-refractivity contribution is 5.37. The highest BCUT2D eigenvalue weighted by Gasteiger charge is 2.84. The molecule has 5 nitrogen and oxygen atoms in total. The van der Waals surface area contributed by atoms with Crippen molar-refractivity contribution < 1.29 is 14.6 Å². The molecule has 1 N–H and O–H groups in total. The number of hydrogen-bond donors (Lipinski definition) is 1. The normalized spacial score (nSPS) is 65.6. The lowest BCUT2D eigenvalue weighted by Gasteiger charge is -2.67. The zero-order valence-corrected chi connectivity index (χ0v) is 30.7. The van der Waals surface area contributed by atoms with E-state index < -0.39 is 0 Å². The molecule has 15 rings (SSSR count). The lowest BCUT2D eigenvalue weighted by atomic mass is 9.39. The minimum atomic E-state index is -0.247. The van der Waals surface area contributed by atoms with Crippen molar-refractivity contribution in [2.45, 2.75) is 135 Å². The van der Waals surface area contributed by atoms with Gasteiger partial charge in [-0.2, -0.15) is 0 Å². The van der Waals surface area contributed by atoms with E-state index in [4.69, 9.17) is 9.47 Å². The third-order valence-corrected chi connectivity index (χ3v) is 21.8. The molecule has 14 bridgehead atoms. The Kier molecular flexibility index (Phi) is 5.54. The highest BCUT2D eigenvalue weighted by atomic mass is 16.5. The van der Waals surface area contributed by atoms with Crippen LogP contribution in [0.15, 0.2) is 12.2 Å². The molecule has 0 aromatic heterocycles. The monoisotopic (exact) mass is 668 g/mol. The van der Waals surface area contributed by atoms with Crippen molar-refractivity contribution in [2.24, 2.45) is 85.8 Å². The van der Waals surface area contributed by atoms with E-state index in [1.54, 1.807) is 0 Å². The van der Waals surface area contributed by atoms with E-state index in [0.717, 1.165) is 73.8 Å². The molecule has 12 saturated carbocycles. The molecule has 0 aromatic rings. The van der Waals surface area contributed by atoms with Gasteiger partial charge in [-0.25, -0.2) is 0 Å². The zero-order valence-electron chi connectivity index (χ0n) is 30.7. The van der Waals surface area contributed by atoms with E-state index in [2.05, 4.69) is 30.2 Å². The SMILES string of the molecule is C=C1C2CCC3(C4CC5C6(CCC[C@@]5(C)CN(CCOCC5CC78CCC5CC7C57CCC[C@]9(C)C%10OCCN%10C5C8CC79)C46)C3C2)[C@@H]1O. The minimum absolute atomic E-state index is 0.126. The fourth-order valence-electron chi connectivity index (χ4n) is 21.2. The first-order valence-electron chi connectivity index (χ1n) is 21.8. The minimum Gasteiger partial charge on any atom is -0.388 e. The Balaban J connectivity index is 0.746. The number of ether oxygens (including phenoxy) is 2. The summed E-state index contributed by atoms with van der Waals surface area (Å²) in [6.07, 6.45) is 21.5. The Morgan fingerprint density at radius 2 is 1.69 bits per heavy atom. The average Bonchev–Trinajstić information content (AvgIpc) is 3.87. The number of hydrogen-bond acceptors (Lipinski definition) is 5. The van der Waals surface area contributed by atoms with E-state index >= 15 is 0 Å². The van der Waals surface area contributed by atoms with E-state index in [1.165, 1.54) is 115 Å². The molecule has 0 radical (unpaired) electrons. The van der Waals surface area contributed by atoms with Crippen LogP contribution in [-0.4, -0.2) is 78.8 Å². The third kappa shape index (κ3) is 2.96. The van der Waals surface area contributed by atoms with Crippen molar-refractivity contribution in [1.29, 1.82) is 0 Å². The van der Waals surface area contributed by atoms with Crippen molar-refractivity contribution in [3.8, 4) is 0 Å². The third-order valence-electron chi connectivity index (χ3n) is 21.8. The molecule has 4 spiro atoms. The highest BCUT2D eigenvalue weighted by Crippen LogP contribution is 2.86. The van der Waals surface area contributed by atoms with Crippen molar-refractivity contribution in [2.75, 3.05) is 39.5 Å². The second-order valence-corrected chi connectivity index (χ2v) is 22.2. The molecule has 19 atom stereocenters. The predicted molar refractivity (Wildman–Crippen MR) is 188 cm³/mol. The smallest absolute Gasteiger partial charge is 0.116 e. The second-order valence-electron chi connectivity index (χ2n) is 22.2. The van der Waals surface area contributed by atoms with Crippen LogP contribution in [0.2, 0.25) is 0 Å². The molecular formula is C44H64N2O3. The van der Waals surface area contributed by atoms with Gasteiger partial charge in [-0.05, 0) is 164 Å². The van der Waals surface area contributed by atoms with Gasteiger partial charge in [0.1, 0.15) is 6.23 Å². The van der Waals surface area contributed by atoms with Crippen LogP contribution >= 0.6 is 0 Å². The van der Waals surface area contributed by atoms with Gasteiger partial charge in [-0.3, -0.25) is 9.80 Å². The predicted octanol–water partition coefficient (Wildman–Crippen LogP) is 7.14. The first-order chi connectivity index (χ1) is 23.7. The molecule has 3 heterocycles. The molecule has 3 aliphatic heterocycles. The zero-order chi connectivity index (χ0) is 32.5. The topological polar surface area (TPSA) is 45.2 Å². The Labute approximate surface area is 295 Å². The van der Waals surface area contributed by atoms with Crippen LogP contribution < -0.4 is 0 Å². The van der Waals surface area contributed by atoms with Crippen LogP contribution in [-0.2, 0) is 9.47 Å². The quantitative estimate of drug-likeness (QED) is 0.250. The van der Waals surface area contributed by atoms with Gasteiger partial charge < -0.3 is 14.6 Å². The first-order valence-corrected chi connectivity index (χ1v) is 21.8. The Morgan fingerprint density at radius 3 is 2.59 bits per heavy atom. The van der Waals surface area contributed by atoms with E-state index in [1.807, 2.05) is 0 Å². The maximum Gasteiger partial charge on any atom is 0.116 e. The molecule has 0 amide bonds. The number of aliphatic hydroxyl groups is 1. The standard InChI is InChI=1S/C44H64N2O3/c1-25-26-7-13-42(37(25)47)30-21-31-39(2)8-4-10-43(31,34(42)18-26)35(30)45(24-39)14-16-48-23-28-22-41-12-6-27(28)19-33(41)44-11-5-9-40(3)32(44)20-29(41)36(44)46-15-17-49-38(40)46/h26-38,47H,1,4-24H2,2-3H3/t26?,27?,28?,29?,30?,31?,32?,33?,34?,35?,36?,37-,38?,39+,40+,41?,42?,43?,44?/m1/s1. The van der Waals surface area contributed by atoms with Crippen LogP contribution in [0.25, 0.3) is 0 Å². The largest absolute Gasteiger partial charge is 0.388 e. The van der Waals surface area contributed by atoms with Gasteiger partial charge >= 0.3 is 0 Å². The Hall–Kier alpha value is -0.460. The summed E-state index contributed by atoms with van der Waals surface area (Å²) in [5, 5.41) is 11.9. The first kappa shape index (κ1) is 29.9. The maximum atomic E-state index is 11.9. The van der Waals surface area contributed by atoms with Gasteiger partial charge in [0, 0.05) is 49.2 Å². The molecule has 268 valence electrons. The number of nitrogens with zero attached hydrogens (tertiary/aromatic N) is 2. The lowest BCUT2D eigenvalue weighted by Crippen LogP contribution is -2.67. The number of rotatable bonds is 5. The number of aliphatic hydroxyl groups excluding tert-OH is 1. The van der Waals surface area contributed by atoms with Crippen LogP contribution in [0.3, 0.4) is 0 Å². The molecule has 15 fully saturated rings. The van der Waals surface area contributed by atoms with Crippen molar-refractivity contribution in [3.63, 3.8) is 0 Å². The van der Waals surface area contributed by atoms with E-state index in [9.17, 15) is 5.11 Å². The summed E-state index contributed by atoms with van der Waals surface area (Å²) in [6.45, 7) is 16.3. The van der Waals surface area contributed by atoms with Gasteiger partial charge in [0.2, 0.25) is 0 Å². The van der Waals surface area contributed by atoms with Crippen LogP contribution in [0.1, 0.15) is 110 Å². The van der Waals surface area contributed by atoms with Crippen molar-refractivity contribution in [1.82, 2.24) is 9.80 Å². The van der Waals surface area contributed by atoms with Crippen LogP contribution in [0.5, 0.6) is 0 Å². The van der Waals surface area contributed by atoms with Crippen molar-refractivity contribution >= 4 is 0 Å². The van der Waals surface area contributed by atoms with Crippen molar-refractivity contribution in [3.05, 3.63) is 12.2 Å². The van der Waals surface area contributed by atoms with E-state index in [-0.39, 0.29) is 11.5 Å². The molecule has 12 aliphatic carbocycles. The number of likely N-dealkylation sites (tertiary alicyclic amines) is 1. The Bertz CT molecular complexity index is 1520. The summed E-state index contributed by atoms with van der Waals surface area (Å²) in [5.74, 6) is 7.34.